The van der Waals surface area contributed by atoms with Crippen molar-refractivity contribution in [2.45, 2.75) is 59.2 Å². The number of aliphatic hydroxyl groups is 1. The summed E-state index contributed by atoms with van der Waals surface area (Å²) in [5.41, 5.74) is 2.41. The van der Waals surface area contributed by atoms with Crippen LogP contribution >= 0.6 is 0 Å². The number of hydrogen-bond acceptors (Lipinski definition) is 3. The molecular formula is C13H25N3O. The second-order valence-corrected chi connectivity index (χ2v) is 4.46. The highest BCUT2D eigenvalue weighted by Gasteiger charge is 2.04. The first kappa shape index (κ1) is 14.2. The van der Waals surface area contributed by atoms with Crippen LogP contribution < -0.4 is 5.32 Å². The van der Waals surface area contributed by atoms with Gasteiger partial charge < -0.3 is 10.4 Å². The van der Waals surface area contributed by atoms with Crippen molar-refractivity contribution in [1.82, 2.24) is 15.1 Å². The number of rotatable bonds is 8. The maximum atomic E-state index is 9.14. The molecule has 0 amide bonds. The number of hydrogen-bond donors (Lipinski definition) is 2. The van der Waals surface area contributed by atoms with Gasteiger partial charge in [0.15, 0.2) is 0 Å². The van der Waals surface area contributed by atoms with Crippen molar-refractivity contribution in [3.8, 4) is 0 Å². The summed E-state index contributed by atoms with van der Waals surface area (Å²) in [4.78, 5) is 0. The van der Waals surface area contributed by atoms with Gasteiger partial charge in [-0.1, -0.05) is 6.92 Å². The molecule has 0 aliphatic rings. The summed E-state index contributed by atoms with van der Waals surface area (Å²) >= 11 is 0. The highest BCUT2D eigenvalue weighted by molar-refractivity contribution is 5.10. The van der Waals surface area contributed by atoms with Gasteiger partial charge in [0, 0.05) is 13.1 Å². The van der Waals surface area contributed by atoms with Gasteiger partial charge in [0.25, 0.3) is 0 Å². The first-order chi connectivity index (χ1) is 8.17. The average Bonchev–Trinajstić information content (AvgIpc) is 2.70. The van der Waals surface area contributed by atoms with E-state index in [9.17, 15) is 0 Å². The first-order valence-electron chi connectivity index (χ1n) is 6.61. The van der Waals surface area contributed by atoms with Crippen molar-refractivity contribution < 1.29 is 5.11 Å². The summed E-state index contributed by atoms with van der Waals surface area (Å²) in [7, 11) is 0. The van der Waals surface area contributed by atoms with Crippen LogP contribution in [-0.2, 0) is 19.5 Å². The molecule has 2 N–H and O–H groups in total. The fourth-order valence-electron chi connectivity index (χ4n) is 1.84. The molecule has 1 rings (SSSR count). The zero-order valence-corrected chi connectivity index (χ0v) is 11.2. The molecule has 1 aromatic heterocycles. The zero-order valence-electron chi connectivity index (χ0n) is 11.2. The Kier molecular flexibility index (Phi) is 6.22. The molecule has 0 spiro atoms. The van der Waals surface area contributed by atoms with Crippen LogP contribution in [0.25, 0.3) is 0 Å². The predicted molar refractivity (Wildman–Crippen MR) is 69.9 cm³/mol. The molecule has 4 heteroatoms. The molecule has 0 saturated heterocycles. The normalized spacial score (nSPS) is 12.9. The number of aromatic nitrogens is 2. The van der Waals surface area contributed by atoms with Crippen LogP contribution in [0.2, 0.25) is 0 Å². The molecule has 0 saturated carbocycles. The Labute approximate surface area is 104 Å². The van der Waals surface area contributed by atoms with Crippen LogP contribution in [0.1, 0.15) is 45.0 Å². The van der Waals surface area contributed by atoms with Gasteiger partial charge >= 0.3 is 0 Å². The predicted octanol–water partition coefficient (Wildman–Crippen LogP) is 1.72. The molecular weight excluding hydrogens is 214 g/mol. The molecule has 1 heterocycles. The standard InChI is InChI=1S/C13H25N3O/c1-4-12-9-13(16(5-2)15-12)10-14-8-6-7-11(3)17/h9,11,14,17H,4-8,10H2,1-3H3. The molecule has 1 atom stereocenters. The van der Waals surface area contributed by atoms with Crippen LogP contribution in [0.15, 0.2) is 6.07 Å². The van der Waals surface area contributed by atoms with Crippen LogP contribution in [0.5, 0.6) is 0 Å². The second-order valence-electron chi connectivity index (χ2n) is 4.46. The lowest BCUT2D eigenvalue weighted by Gasteiger charge is -2.07. The lowest BCUT2D eigenvalue weighted by Crippen LogP contribution is -2.18. The highest BCUT2D eigenvalue weighted by Crippen LogP contribution is 2.05. The molecule has 4 nitrogen and oxygen atoms in total. The number of nitrogens with zero attached hydrogens (tertiary/aromatic N) is 2. The maximum absolute atomic E-state index is 9.14. The number of nitrogens with one attached hydrogen (secondary N) is 1. The van der Waals surface area contributed by atoms with Crippen molar-refractivity contribution in [3.63, 3.8) is 0 Å². The number of aliphatic hydroxyl groups excluding tert-OH is 1. The van der Waals surface area contributed by atoms with E-state index < -0.39 is 0 Å². The van der Waals surface area contributed by atoms with Gasteiger partial charge in [-0.3, -0.25) is 4.68 Å². The lowest BCUT2D eigenvalue weighted by atomic mass is 10.2. The van der Waals surface area contributed by atoms with E-state index in [1.807, 2.05) is 6.92 Å². The van der Waals surface area contributed by atoms with E-state index in [-0.39, 0.29) is 6.10 Å². The van der Waals surface area contributed by atoms with Crippen molar-refractivity contribution in [2.75, 3.05) is 6.54 Å². The Hall–Kier alpha value is -0.870. The van der Waals surface area contributed by atoms with Crippen molar-refractivity contribution in [3.05, 3.63) is 17.5 Å². The Bertz CT molecular complexity index is 320. The van der Waals surface area contributed by atoms with Crippen molar-refractivity contribution in [1.29, 1.82) is 0 Å². The van der Waals surface area contributed by atoms with E-state index in [0.29, 0.717) is 0 Å². The van der Waals surface area contributed by atoms with Crippen LogP contribution in [0, 0.1) is 0 Å². The van der Waals surface area contributed by atoms with E-state index >= 15 is 0 Å². The summed E-state index contributed by atoms with van der Waals surface area (Å²) in [5.74, 6) is 0. The van der Waals surface area contributed by atoms with E-state index in [0.717, 1.165) is 44.6 Å². The zero-order chi connectivity index (χ0) is 12.7. The van der Waals surface area contributed by atoms with Crippen molar-refractivity contribution in [2.24, 2.45) is 0 Å². The summed E-state index contributed by atoms with van der Waals surface area (Å²) < 4.78 is 2.06. The molecule has 0 bridgehead atoms. The largest absolute Gasteiger partial charge is 0.393 e. The van der Waals surface area contributed by atoms with Crippen LogP contribution in [-0.4, -0.2) is 27.5 Å². The molecule has 1 unspecified atom stereocenters. The molecule has 0 fully saturated rings. The second kappa shape index (κ2) is 7.45. The topological polar surface area (TPSA) is 50.1 Å². The molecule has 0 aliphatic heterocycles. The molecule has 98 valence electrons. The Balaban J connectivity index is 2.32. The van der Waals surface area contributed by atoms with Gasteiger partial charge in [0.1, 0.15) is 0 Å². The molecule has 1 aromatic rings. The van der Waals surface area contributed by atoms with E-state index in [1.54, 1.807) is 0 Å². The molecule has 17 heavy (non-hydrogen) atoms. The minimum Gasteiger partial charge on any atom is -0.393 e. The molecule has 0 radical (unpaired) electrons. The van der Waals surface area contributed by atoms with E-state index in [1.165, 1.54) is 5.69 Å². The first-order valence-corrected chi connectivity index (χ1v) is 6.61. The van der Waals surface area contributed by atoms with Gasteiger partial charge in [-0.05, 0) is 45.7 Å². The maximum Gasteiger partial charge on any atom is 0.0625 e. The Morgan fingerprint density at radius 3 is 2.82 bits per heavy atom. The number of aryl methyl sites for hydroxylation is 2. The molecule has 0 aromatic carbocycles. The van der Waals surface area contributed by atoms with Gasteiger partial charge in [0.2, 0.25) is 0 Å². The summed E-state index contributed by atoms with van der Waals surface area (Å²) in [5, 5.41) is 17.1. The lowest BCUT2D eigenvalue weighted by molar-refractivity contribution is 0.181. The monoisotopic (exact) mass is 239 g/mol. The van der Waals surface area contributed by atoms with E-state index in [4.69, 9.17) is 5.11 Å². The average molecular weight is 239 g/mol. The third-order valence-corrected chi connectivity index (χ3v) is 2.86. The van der Waals surface area contributed by atoms with Gasteiger partial charge in [-0.25, -0.2) is 0 Å². The summed E-state index contributed by atoms with van der Waals surface area (Å²) in [6.45, 7) is 8.80. The van der Waals surface area contributed by atoms with E-state index in [2.05, 4.69) is 35.0 Å². The van der Waals surface area contributed by atoms with Gasteiger partial charge in [-0.2, -0.15) is 5.10 Å². The van der Waals surface area contributed by atoms with Crippen LogP contribution in [0.4, 0.5) is 0 Å². The smallest absolute Gasteiger partial charge is 0.0625 e. The SMILES string of the molecule is CCc1cc(CNCCCC(C)O)n(CC)n1. The molecule has 0 aliphatic carbocycles. The third-order valence-electron chi connectivity index (χ3n) is 2.86. The minimum absolute atomic E-state index is 0.190. The van der Waals surface area contributed by atoms with Crippen LogP contribution in [0.3, 0.4) is 0 Å². The quantitative estimate of drug-likeness (QED) is 0.679. The third kappa shape index (κ3) is 4.88. The highest BCUT2D eigenvalue weighted by atomic mass is 16.3. The van der Waals surface area contributed by atoms with Gasteiger partial charge in [0.05, 0.1) is 17.5 Å². The minimum atomic E-state index is -0.190. The Morgan fingerprint density at radius 2 is 2.24 bits per heavy atom. The van der Waals surface area contributed by atoms with Crippen molar-refractivity contribution >= 4 is 0 Å². The fraction of sp³-hybridized carbons (Fsp3) is 0.769. The summed E-state index contributed by atoms with van der Waals surface area (Å²) in [6.07, 6.45) is 2.67. The Morgan fingerprint density at radius 1 is 1.47 bits per heavy atom. The van der Waals surface area contributed by atoms with Gasteiger partial charge in [-0.15, -0.1) is 0 Å². The summed E-state index contributed by atoms with van der Waals surface area (Å²) in [6, 6.07) is 2.17. The fourth-order valence-corrected chi connectivity index (χ4v) is 1.84.